The molecule has 0 saturated heterocycles. The third-order valence-electron chi connectivity index (χ3n) is 9.51. The molecule has 0 aliphatic heterocycles. The number of pyridine rings is 1. The van der Waals surface area contributed by atoms with Gasteiger partial charge in [0.05, 0.1) is 13.8 Å². The molecule has 5 rings (SSSR count). The minimum atomic E-state index is -1.33. The van der Waals surface area contributed by atoms with Crippen LogP contribution in [0, 0.1) is 24.8 Å². The number of carbonyl (C=O) groups is 1. The molecule has 0 aliphatic carbocycles. The predicted molar refractivity (Wildman–Crippen MR) is 214 cm³/mol. The molecule has 5 aromatic rings. The Morgan fingerprint density at radius 3 is 2.12 bits per heavy atom. The maximum absolute atomic E-state index is 11.7. The van der Waals surface area contributed by atoms with Gasteiger partial charge in [-0.25, -0.2) is 0 Å². The molecular formula is C43H54IrNO3SSi-. The molecule has 0 atom stereocenters. The fourth-order valence-electron chi connectivity index (χ4n) is 6.19. The number of thiophene rings is 1. The van der Waals surface area contributed by atoms with Gasteiger partial charge in [0.15, 0.2) is 10.8 Å². The number of rotatable bonds is 12. The minimum Gasteiger partial charge on any atom is -0.512 e. The first-order valence-corrected chi connectivity index (χ1v) is 22.2. The van der Waals surface area contributed by atoms with Crippen LogP contribution < -0.4 is 9.92 Å². The standard InChI is InChI=1S/C30H30NOSSi.C13H24O2.Ir/c1-19(2)27-18-22(17-21-9-7-8-10-26(21)27)28-29-25(15-16-31-28)20(3)30(33-29)32-23-11-13-24(14-12-23)34(4,5)6;1-5-10(6-2)12(14)9-13(15)11(7-3)8-4;/h7-16,18-19H,1-6H3;9-11,14H,5-8H2,1-4H3;/q-1;;/b;12-9-;. The quantitative estimate of drug-likeness (QED) is 0.0587. The molecule has 3 aromatic carbocycles. The van der Waals surface area contributed by atoms with Crippen molar-refractivity contribution < 1.29 is 34.7 Å². The summed E-state index contributed by atoms with van der Waals surface area (Å²) < 4.78 is 7.53. The second-order valence-electron chi connectivity index (χ2n) is 14.3. The molecule has 2 heterocycles. The summed E-state index contributed by atoms with van der Waals surface area (Å²) in [5.41, 5.74) is 4.50. The largest absolute Gasteiger partial charge is 0.512 e. The van der Waals surface area contributed by atoms with Crippen molar-refractivity contribution in [2.75, 3.05) is 0 Å². The summed E-state index contributed by atoms with van der Waals surface area (Å²) in [7, 11) is -1.33. The zero-order chi connectivity index (χ0) is 35.9. The van der Waals surface area contributed by atoms with Crippen LogP contribution in [-0.2, 0) is 24.9 Å². The minimum absolute atomic E-state index is 0. The van der Waals surface area contributed by atoms with E-state index in [0.29, 0.717) is 5.92 Å². The van der Waals surface area contributed by atoms with Gasteiger partial charge in [0.1, 0.15) is 5.75 Å². The Bertz CT molecular complexity index is 1900. The Hall–Kier alpha value is -3.09. The summed E-state index contributed by atoms with van der Waals surface area (Å²) >= 11 is 1.67. The Morgan fingerprint density at radius 1 is 0.920 bits per heavy atom. The van der Waals surface area contributed by atoms with E-state index in [0.717, 1.165) is 63.4 Å². The fraction of sp³-hybridized carbons (Fsp3) is 0.395. The van der Waals surface area contributed by atoms with Crippen LogP contribution in [0.15, 0.2) is 78.7 Å². The Morgan fingerprint density at radius 2 is 1.54 bits per heavy atom. The molecule has 0 unspecified atom stereocenters. The van der Waals surface area contributed by atoms with Crippen LogP contribution in [-0.4, -0.2) is 23.9 Å². The first-order chi connectivity index (χ1) is 23.3. The number of benzene rings is 3. The number of aromatic nitrogens is 1. The summed E-state index contributed by atoms with van der Waals surface area (Å²) in [6.07, 6.45) is 6.81. The molecule has 1 radical (unpaired) electrons. The van der Waals surface area contributed by atoms with Crippen molar-refractivity contribution in [1.82, 2.24) is 4.98 Å². The average molecular weight is 885 g/mol. The smallest absolute Gasteiger partial charge is 0.184 e. The Balaban J connectivity index is 0.000000361. The van der Waals surface area contributed by atoms with Crippen LogP contribution in [0.25, 0.3) is 32.1 Å². The van der Waals surface area contributed by atoms with Gasteiger partial charge in [-0.2, -0.15) is 0 Å². The number of allylic oxidation sites excluding steroid dienone is 2. The Labute approximate surface area is 318 Å². The van der Waals surface area contributed by atoms with Gasteiger partial charge in [-0.3, -0.25) is 9.78 Å². The zero-order valence-electron chi connectivity index (χ0n) is 31.4. The SMILES string of the molecule is CCC(CC)C(=O)/C=C(\O)C(CC)CC.Cc1c(Oc2ccc([Si](C)(C)C)cc2)sc2c(-c3[c-]c4ccccc4c(C(C)C)c3)nccc12.[Ir]. The van der Waals surface area contributed by atoms with Crippen LogP contribution in [0.3, 0.4) is 0 Å². The van der Waals surface area contributed by atoms with Gasteiger partial charge in [-0.15, -0.1) is 40.5 Å². The number of hydrogen-bond acceptors (Lipinski definition) is 5. The number of aryl methyl sites for hydroxylation is 1. The second-order valence-corrected chi connectivity index (χ2v) is 20.3. The first kappa shape index (κ1) is 41.3. The van der Waals surface area contributed by atoms with Crippen molar-refractivity contribution in [3.8, 4) is 22.1 Å². The first-order valence-electron chi connectivity index (χ1n) is 17.9. The van der Waals surface area contributed by atoms with E-state index in [1.165, 1.54) is 27.6 Å². The number of ether oxygens (including phenoxy) is 1. The molecule has 0 fully saturated rings. The number of carbonyl (C=O) groups excluding carboxylic acids is 1. The van der Waals surface area contributed by atoms with E-state index in [9.17, 15) is 9.90 Å². The second kappa shape index (κ2) is 18.4. The van der Waals surface area contributed by atoms with E-state index in [-0.39, 0.29) is 43.5 Å². The molecule has 0 saturated carbocycles. The molecule has 0 amide bonds. The van der Waals surface area contributed by atoms with Crippen LogP contribution in [0.4, 0.5) is 0 Å². The summed E-state index contributed by atoms with van der Waals surface area (Å²) in [6.45, 7) is 21.8. The topological polar surface area (TPSA) is 59.4 Å². The summed E-state index contributed by atoms with van der Waals surface area (Å²) in [6, 6.07) is 25.1. The average Bonchev–Trinajstić information content (AvgIpc) is 3.40. The number of fused-ring (bicyclic) bond motifs is 2. The number of ketones is 1. The van der Waals surface area contributed by atoms with Gasteiger partial charge in [0, 0.05) is 60.2 Å². The van der Waals surface area contributed by atoms with Crippen molar-refractivity contribution in [3.63, 3.8) is 0 Å². The molecule has 7 heteroatoms. The third kappa shape index (κ3) is 9.82. The predicted octanol–water partition coefficient (Wildman–Crippen LogP) is 12.6. The number of aliphatic hydroxyl groups excluding tert-OH is 1. The molecule has 0 aliphatic rings. The van der Waals surface area contributed by atoms with E-state index < -0.39 is 8.07 Å². The third-order valence-corrected chi connectivity index (χ3v) is 12.8. The van der Waals surface area contributed by atoms with E-state index in [4.69, 9.17) is 9.72 Å². The fourth-order valence-corrected chi connectivity index (χ4v) is 8.53. The zero-order valence-corrected chi connectivity index (χ0v) is 35.7. The van der Waals surface area contributed by atoms with Gasteiger partial charge in [-0.1, -0.05) is 108 Å². The van der Waals surface area contributed by atoms with Crippen LogP contribution in [0.2, 0.25) is 19.6 Å². The van der Waals surface area contributed by atoms with Crippen molar-refractivity contribution in [3.05, 3.63) is 95.9 Å². The maximum atomic E-state index is 11.7. The summed E-state index contributed by atoms with van der Waals surface area (Å²) in [4.78, 5) is 16.5. The molecule has 2 aromatic heterocycles. The van der Waals surface area contributed by atoms with Gasteiger partial charge in [0.25, 0.3) is 0 Å². The van der Waals surface area contributed by atoms with Gasteiger partial charge >= 0.3 is 0 Å². The van der Waals surface area contributed by atoms with Crippen LogP contribution >= 0.6 is 11.3 Å². The van der Waals surface area contributed by atoms with Crippen molar-refractivity contribution in [2.45, 2.75) is 99.7 Å². The van der Waals surface area contributed by atoms with E-state index in [1.807, 2.05) is 33.9 Å². The van der Waals surface area contributed by atoms with Gasteiger partial charge in [0.2, 0.25) is 0 Å². The van der Waals surface area contributed by atoms with E-state index >= 15 is 0 Å². The summed E-state index contributed by atoms with van der Waals surface area (Å²) in [5.74, 6) is 1.84. The van der Waals surface area contributed by atoms with Crippen molar-refractivity contribution in [2.24, 2.45) is 11.8 Å². The molecular weight excluding hydrogens is 831 g/mol. The Kier molecular flexibility index (Phi) is 15.2. The van der Waals surface area contributed by atoms with E-state index in [1.54, 1.807) is 11.3 Å². The molecule has 4 nitrogen and oxygen atoms in total. The van der Waals surface area contributed by atoms with Gasteiger partial charge in [-0.05, 0) is 62.1 Å². The molecule has 269 valence electrons. The van der Waals surface area contributed by atoms with Gasteiger partial charge < -0.3 is 9.84 Å². The van der Waals surface area contributed by atoms with Crippen molar-refractivity contribution in [1.29, 1.82) is 0 Å². The molecule has 50 heavy (non-hydrogen) atoms. The monoisotopic (exact) mass is 885 g/mol. The molecule has 0 bridgehead atoms. The number of hydrogen-bond donors (Lipinski definition) is 1. The van der Waals surface area contributed by atoms with E-state index in [2.05, 4.69) is 107 Å². The van der Waals surface area contributed by atoms with Crippen LogP contribution in [0.1, 0.15) is 84.3 Å². The van der Waals surface area contributed by atoms with Crippen LogP contribution in [0.5, 0.6) is 10.8 Å². The number of aliphatic hydroxyl groups is 1. The normalized spacial score (nSPS) is 12.0. The maximum Gasteiger partial charge on any atom is 0.184 e. The van der Waals surface area contributed by atoms with Crippen molar-refractivity contribution >= 4 is 51.2 Å². The number of nitrogens with zero attached hydrogens (tertiary/aromatic N) is 1. The summed E-state index contributed by atoms with van der Waals surface area (Å²) in [5, 5.41) is 15.7. The molecule has 0 spiro atoms. The molecule has 1 N–H and O–H groups in total.